The lowest BCUT2D eigenvalue weighted by molar-refractivity contribution is 0.0735. The van der Waals surface area contributed by atoms with Gasteiger partial charge in [-0.25, -0.2) is 9.07 Å². The lowest BCUT2D eigenvalue weighted by Gasteiger charge is -2.25. The molecule has 1 unspecified atom stereocenters. The van der Waals surface area contributed by atoms with Crippen LogP contribution in [0.15, 0.2) is 54.7 Å². The van der Waals surface area contributed by atoms with Gasteiger partial charge >= 0.3 is 0 Å². The third-order valence-corrected chi connectivity index (χ3v) is 5.34. The van der Waals surface area contributed by atoms with Gasteiger partial charge in [0.2, 0.25) is 0 Å². The van der Waals surface area contributed by atoms with Crippen molar-refractivity contribution in [1.29, 1.82) is 0 Å². The molecule has 4 rings (SSSR count). The van der Waals surface area contributed by atoms with Gasteiger partial charge in [0.1, 0.15) is 11.5 Å². The Balaban J connectivity index is 1.65. The second kappa shape index (κ2) is 7.16. The van der Waals surface area contributed by atoms with Crippen LogP contribution in [0, 0.1) is 12.7 Å². The first-order chi connectivity index (χ1) is 13.1. The molecule has 1 amide bonds. The molecule has 1 fully saturated rings. The minimum absolute atomic E-state index is 0.0194. The summed E-state index contributed by atoms with van der Waals surface area (Å²) in [5.41, 5.74) is 2.54. The Kier molecular flexibility index (Phi) is 4.70. The van der Waals surface area contributed by atoms with Crippen molar-refractivity contribution < 1.29 is 9.18 Å². The number of nitrogens with zero attached hydrogens (tertiary/aromatic N) is 3. The van der Waals surface area contributed by atoms with E-state index in [0.29, 0.717) is 28.5 Å². The summed E-state index contributed by atoms with van der Waals surface area (Å²) in [5, 5.41) is 4.94. The second-order valence-corrected chi connectivity index (χ2v) is 7.15. The van der Waals surface area contributed by atoms with Gasteiger partial charge in [0.05, 0.1) is 23.5 Å². The van der Waals surface area contributed by atoms with Gasteiger partial charge < -0.3 is 4.90 Å². The van der Waals surface area contributed by atoms with Crippen LogP contribution in [0.5, 0.6) is 0 Å². The summed E-state index contributed by atoms with van der Waals surface area (Å²) in [6.45, 7) is 2.48. The molecule has 0 spiro atoms. The normalized spacial score (nSPS) is 16.7. The van der Waals surface area contributed by atoms with E-state index >= 15 is 0 Å². The van der Waals surface area contributed by atoms with Crippen LogP contribution >= 0.6 is 11.6 Å². The SMILES string of the molecule is Cc1c(C(=O)N2CCCC2c2ccc(Cl)cc2)cnn1-c1ccccc1F. The highest BCUT2D eigenvalue weighted by Crippen LogP contribution is 2.34. The van der Waals surface area contributed by atoms with E-state index in [1.54, 1.807) is 25.1 Å². The maximum atomic E-state index is 14.1. The van der Waals surface area contributed by atoms with E-state index in [0.717, 1.165) is 18.4 Å². The molecule has 0 radical (unpaired) electrons. The van der Waals surface area contributed by atoms with Crippen molar-refractivity contribution in [2.75, 3.05) is 6.54 Å². The third-order valence-electron chi connectivity index (χ3n) is 5.09. The van der Waals surface area contributed by atoms with Crippen molar-refractivity contribution in [3.63, 3.8) is 0 Å². The number of amides is 1. The van der Waals surface area contributed by atoms with Crippen molar-refractivity contribution >= 4 is 17.5 Å². The molecule has 2 aromatic carbocycles. The van der Waals surface area contributed by atoms with E-state index in [2.05, 4.69) is 5.10 Å². The number of para-hydroxylation sites is 1. The van der Waals surface area contributed by atoms with Crippen LogP contribution in [-0.4, -0.2) is 27.1 Å². The quantitative estimate of drug-likeness (QED) is 0.641. The summed E-state index contributed by atoms with van der Waals surface area (Å²) in [7, 11) is 0. The molecular weight excluding hydrogens is 365 g/mol. The molecular formula is C21H19ClFN3O. The highest BCUT2D eigenvalue weighted by molar-refractivity contribution is 6.30. The fourth-order valence-corrected chi connectivity index (χ4v) is 3.81. The summed E-state index contributed by atoms with van der Waals surface area (Å²) in [4.78, 5) is 15.1. The van der Waals surface area contributed by atoms with Crippen LogP contribution in [0.25, 0.3) is 5.69 Å². The van der Waals surface area contributed by atoms with E-state index < -0.39 is 0 Å². The third kappa shape index (κ3) is 3.23. The smallest absolute Gasteiger partial charge is 0.257 e. The Morgan fingerprint density at radius 1 is 1.19 bits per heavy atom. The minimum atomic E-state index is -0.372. The van der Waals surface area contributed by atoms with E-state index in [1.807, 2.05) is 29.2 Å². The van der Waals surface area contributed by atoms with Crippen molar-refractivity contribution in [1.82, 2.24) is 14.7 Å². The number of likely N-dealkylation sites (tertiary alicyclic amines) is 1. The highest BCUT2D eigenvalue weighted by Gasteiger charge is 2.32. The summed E-state index contributed by atoms with van der Waals surface area (Å²) >= 11 is 5.99. The van der Waals surface area contributed by atoms with Crippen molar-refractivity contribution in [3.05, 3.63) is 82.4 Å². The van der Waals surface area contributed by atoms with Gasteiger partial charge in [-0.2, -0.15) is 5.10 Å². The van der Waals surface area contributed by atoms with Crippen LogP contribution in [0.1, 0.15) is 40.5 Å². The van der Waals surface area contributed by atoms with Crippen LogP contribution < -0.4 is 0 Å². The Hall–Kier alpha value is -2.66. The number of aromatic nitrogens is 2. The summed E-state index contributed by atoms with van der Waals surface area (Å²) in [6.07, 6.45) is 3.38. The van der Waals surface area contributed by atoms with Crippen molar-refractivity contribution in [2.45, 2.75) is 25.8 Å². The van der Waals surface area contributed by atoms with Crippen LogP contribution in [-0.2, 0) is 0 Å². The molecule has 3 aromatic rings. The molecule has 0 N–H and O–H groups in total. The maximum Gasteiger partial charge on any atom is 0.257 e. The largest absolute Gasteiger partial charge is 0.331 e. The first kappa shape index (κ1) is 17.7. The zero-order valence-corrected chi connectivity index (χ0v) is 15.7. The molecule has 0 bridgehead atoms. The molecule has 1 aromatic heterocycles. The van der Waals surface area contributed by atoms with Crippen LogP contribution in [0.2, 0.25) is 5.02 Å². The minimum Gasteiger partial charge on any atom is -0.331 e. The number of carbonyl (C=O) groups is 1. The van der Waals surface area contributed by atoms with Crippen LogP contribution in [0.3, 0.4) is 0 Å². The van der Waals surface area contributed by atoms with Gasteiger partial charge in [0.15, 0.2) is 0 Å². The van der Waals surface area contributed by atoms with Crippen molar-refractivity contribution in [2.24, 2.45) is 0 Å². The lowest BCUT2D eigenvalue weighted by atomic mass is 10.0. The number of halogens is 2. The Bertz CT molecular complexity index is 983. The molecule has 1 aliphatic rings. The average molecular weight is 384 g/mol. The Morgan fingerprint density at radius 3 is 2.67 bits per heavy atom. The van der Waals surface area contributed by atoms with E-state index in [-0.39, 0.29) is 17.8 Å². The molecule has 4 nitrogen and oxygen atoms in total. The Labute approximate surface area is 162 Å². The van der Waals surface area contributed by atoms with E-state index in [4.69, 9.17) is 11.6 Å². The zero-order chi connectivity index (χ0) is 19.0. The topological polar surface area (TPSA) is 38.1 Å². The summed E-state index contributed by atoms with van der Waals surface area (Å²) < 4.78 is 15.6. The molecule has 138 valence electrons. The monoisotopic (exact) mass is 383 g/mol. The van der Waals surface area contributed by atoms with Gasteiger partial charge in [0, 0.05) is 11.6 Å². The number of hydrogen-bond acceptors (Lipinski definition) is 2. The number of carbonyl (C=O) groups excluding carboxylic acids is 1. The predicted molar refractivity (Wildman–Crippen MR) is 103 cm³/mol. The lowest BCUT2D eigenvalue weighted by Crippen LogP contribution is -2.30. The zero-order valence-electron chi connectivity index (χ0n) is 14.9. The van der Waals surface area contributed by atoms with Crippen LogP contribution in [0.4, 0.5) is 4.39 Å². The maximum absolute atomic E-state index is 14.1. The van der Waals surface area contributed by atoms with E-state index in [9.17, 15) is 9.18 Å². The number of hydrogen-bond donors (Lipinski definition) is 0. The van der Waals surface area contributed by atoms with Gasteiger partial charge in [-0.05, 0) is 49.6 Å². The first-order valence-corrected chi connectivity index (χ1v) is 9.30. The van der Waals surface area contributed by atoms with Gasteiger partial charge in [-0.3, -0.25) is 4.79 Å². The second-order valence-electron chi connectivity index (χ2n) is 6.71. The molecule has 0 saturated carbocycles. The summed E-state index contributed by atoms with van der Waals surface area (Å²) in [6, 6.07) is 14.1. The fourth-order valence-electron chi connectivity index (χ4n) is 3.68. The summed E-state index contributed by atoms with van der Waals surface area (Å²) in [5.74, 6) is -0.449. The molecule has 2 heterocycles. The number of benzene rings is 2. The fraction of sp³-hybridized carbons (Fsp3) is 0.238. The molecule has 0 aliphatic carbocycles. The molecule has 6 heteroatoms. The number of rotatable bonds is 3. The molecule has 1 saturated heterocycles. The molecule has 1 aliphatic heterocycles. The molecule has 1 atom stereocenters. The van der Waals surface area contributed by atoms with E-state index in [1.165, 1.54) is 16.9 Å². The average Bonchev–Trinajstić information content (AvgIpc) is 3.29. The standard InChI is InChI=1S/C21H19ClFN3O/c1-14-17(13-24-26(14)20-6-3-2-5-18(20)23)21(27)25-12-4-7-19(25)15-8-10-16(22)11-9-15/h2-3,5-6,8-11,13,19H,4,7,12H2,1H3. The van der Waals surface area contributed by atoms with Crippen molar-refractivity contribution in [3.8, 4) is 5.69 Å². The first-order valence-electron chi connectivity index (χ1n) is 8.92. The molecule has 27 heavy (non-hydrogen) atoms. The predicted octanol–water partition coefficient (Wildman–Crippen LogP) is 4.95. The Morgan fingerprint density at radius 2 is 1.93 bits per heavy atom. The van der Waals surface area contributed by atoms with Gasteiger partial charge in [-0.1, -0.05) is 35.9 Å². The highest BCUT2D eigenvalue weighted by atomic mass is 35.5. The van der Waals surface area contributed by atoms with Gasteiger partial charge in [-0.15, -0.1) is 0 Å². The van der Waals surface area contributed by atoms with Gasteiger partial charge in [0.25, 0.3) is 5.91 Å².